The van der Waals surface area contributed by atoms with Gasteiger partial charge in [0.15, 0.2) is 0 Å². The molecule has 0 aromatic heterocycles. The molecule has 5 heteroatoms. The number of nitriles is 1. The summed E-state index contributed by atoms with van der Waals surface area (Å²) in [6, 6.07) is 13.8. The molecule has 0 fully saturated rings. The standard InChI is InChI=1S/C18H18N2O3/c1-12(16-8-7-15(22-2)10-17(16)23-3)20-18(21)14-6-4-5-13(9-14)11-19/h4-10,12H,1-3H3,(H,20,21). The van der Waals surface area contributed by atoms with E-state index in [1.165, 1.54) is 0 Å². The van der Waals surface area contributed by atoms with Gasteiger partial charge in [-0.2, -0.15) is 5.26 Å². The molecule has 0 radical (unpaired) electrons. The first-order valence-electron chi connectivity index (χ1n) is 7.12. The van der Waals surface area contributed by atoms with Gasteiger partial charge in [0, 0.05) is 17.2 Å². The SMILES string of the molecule is COc1ccc(C(C)NC(=O)c2cccc(C#N)c2)c(OC)c1. The summed E-state index contributed by atoms with van der Waals surface area (Å²) >= 11 is 0. The molecule has 1 atom stereocenters. The molecule has 0 aliphatic rings. The molecule has 0 bridgehead atoms. The second kappa shape index (κ2) is 7.32. The summed E-state index contributed by atoms with van der Waals surface area (Å²) in [5, 5.41) is 11.8. The normalized spacial score (nSPS) is 11.2. The minimum Gasteiger partial charge on any atom is -0.497 e. The third-order valence-electron chi connectivity index (χ3n) is 3.51. The summed E-state index contributed by atoms with van der Waals surface area (Å²) in [7, 11) is 3.16. The number of nitrogens with one attached hydrogen (secondary N) is 1. The largest absolute Gasteiger partial charge is 0.497 e. The summed E-state index contributed by atoms with van der Waals surface area (Å²) in [4.78, 5) is 12.3. The van der Waals surface area contributed by atoms with Crippen molar-refractivity contribution in [2.45, 2.75) is 13.0 Å². The number of hydrogen-bond donors (Lipinski definition) is 1. The number of benzene rings is 2. The minimum atomic E-state index is -0.255. The quantitative estimate of drug-likeness (QED) is 0.921. The van der Waals surface area contributed by atoms with Gasteiger partial charge in [0.05, 0.1) is 31.9 Å². The van der Waals surface area contributed by atoms with Gasteiger partial charge in [-0.1, -0.05) is 6.07 Å². The number of ether oxygens (including phenoxy) is 2. The lowest BCUT2D eigenvalue weighted by molar-refractivity contribution is 0.0939. The van der Waals surface area contributed by atoms with Crippen LogP contribution < -0.4 is 14.8 Å². The lowest BCUT2D eigenvalue weighted by Crippen LogP contribution is -2.27. The van der Waals surface area contributed by atoms with E-state index in [4.69, 9.17) is 14.7 Å². The van der Waals surface area contributed by atoms with Crippen molar-refractivity contribution in [3.63, 3.8) is 0 Å². The smallest absolute Gasteiger partial charge is 0.251 e. The molecule has 23 heavy (non-hydrogen) atoms. The fourth-order valence-electron chi connectivity index (χ4n) is 2.26. The van der Waals surface area contributed by atoms with Crippen molar-refractivity contribution in [1.82, 2.24) is 5.32 Å². The fraction of sp³-hybridized carbons (Fsp3) is 0.222. The van der Waals surface area contributed by atoms with Crippen molar-refractivity contribution < 1.29 is 14.3 Å². The van der Waals surface area contributed by atoms with Gasteiger partial charge in [0.2, 0.25) is 0 Å². The number of methoxy groups -OCH3 is 2. The average molecular weight is 310 g/mol. The molecule has 0 saturated carbocycles. The Morgan fingerprint density at radius 2 is 1.96 bits per heavy atom. The summed E-state index contributed by atoms with van der Waals surface area (Å²) in [6.07, 6.45) is 0. The summed E-state index contributed by atoms with van der Waals surface area (Å²) in [6.45, 7) is 1.87. The highest BCUT2D eigenvalue weighted by Crippen LogP contribution is 2.29. The van der Waals surface area contributed by atoms with Crippen molar-refractivity contribution in [3.8, 4) is 17.6 Å². The van der Waals surface area contributed by atoms with Crippen LogP contribution in [0.1, 0.15) is 34.5 Å². The van der Waals surface area contributed by atoms with Gasteiger partial charge >= 0.3 is 0 Å². The molecule has 0 saturated heterocycles. The average Bonchev–Trinajstić information content (AvgIpc) is 2.60. The van der Waals surface area contributed by atoms with Crippen molar-refractivity contribution in [2.24, 2.45) is 0 Å². The van der Waals surface area contributed by atoms with E-state index in [-0.39, 0.29) is 11.9 Å². The molecule has 1 N–H and O–H groups in total. The van der Waals surface area contributed by atoms with Crippen LogP contribution in [0.15, 0.2) is 42.5 Å². The van der Waals surface area contributed by atoms with E-state index < -0.39 is 0 Å². The van der Waals surface area contributed by atoms with Crippen molar-refractivity contribution in [1.29, 1.82) is 5.26 Å². The molecular weight excluding hydrogens is 292 g/mol. The van der Waals surface area contributed by atoms with Crippen LogP contribution in [0, 0.1) is 11.3 Å². The van der Waals surface area contributed by atoms with Crippen LogP contribution in [0.3, 0.4) is 0 Å². The molecule has 1 unspecified atom stereocenters. The molecule has 118 valence electrons. The van der Waals surface area contributed by atoms with Crippen LogP contribution >= 0.6 is 0 Å². The molecule has 1 amide bonds. The highest BCUT2D eigenvalue weighted by molar-refractivity contribution is 5.94. The highest BCUT2D eigenvalue weighted by Gasteiger charge is 2.16. The molecule has 0 aliphatic heterocycles. The Morgan fingerprint density at radius 3 is 2.61 bits per heavy atom. The summed E-state index contributed by atoms with van der Waals surface area (Å²) in [5.41, 5.74) is 1.74. The minimum absolute atomic E-state index is 0.243. The predicted molar refractivity (Wildman–Crippen MR) is 86.6 cm³/mol. The van der Waals surface area contributed by atoms with Gasteiger partial charge in [0.1, 0.15) is 11.5 Å². The highest BCUT2D eigenvalue weighted by atomic mass is 16.5. The van der Waals surface area contributed by atoms with E-state index in [0.29, 0.717) is 22.6 Å². The van der Waals surface area contributed by atoms with Gasteiger partial charge in [-0.15, -0.1) is 0 Å². The Hall–Kier alpha value is -3.00. The molecule has 0 heterocycles. The lowest BCUT2D eigenvalue weighted by atomic mass is 10.1. The Balaban J connectivity index is 2.19. The maximum atomic E-state index is 12.3. The number of nitrogens with zero attached hydrogens (tertiary/aromatic N) is 1. The Kier molecular flexibility index (Phi) is 5.21. The molecule has 0 aliphatic carbocycles. The van der Waals surface area contributed by atoms with E-state index in [0.717, 1.165) is 5.56 Å². The molecule has 2 rings (SSSR count). The second-order valence-corrected chi connectivity index (χ2v) is 5.00. The van der Waals surface area contributed by atoms with Gasteiger partial charge < -0.3 is 14.8 Å². The van der Waals surface area contributed by atoms with Crippen LogP contribution in [0.5, 0.6) is 11.5 Å². The van der Waals surface area contributed by atoms with Crippen molar-refractivity contribution >= 4 is 5.91 Å². The number of carbonyl (C=O) groups is 1. The van der Waals surface area contributed by atoms with E-state index in [2.05, 4.69) is 5.32 Å². The van der Waals surface area contributed by atoms with Crippen molar-refractivity contribution in [2.75, 3.05) is 14.2 Å². The van der Waals surface area contributed by atoms with Gasteiger partial charge in [-0.25, -0.2) is 0 Å². The molecule has 2 aromatic carbocycles. The molecule has 2 aromatic rings. The Labute approximate surface area is 135 Å². The van der Waals surface area contributed by atoms with E-state index >= 15 is 0 Å². The lowest BCUT2D eigenvalue weighted by Gasteiger charge is -2.18. The van der Waals surface area contributed by atoms with Crippen LogP contribution in [0.4, 0.5) is 0 Å². The number of amides is 1. The van der Waals surface area contributed by atoms with E-state index in [1.54, 1.807) is 44.6 Å². The van der Waals surface area contributed by atoms with Crippen molar-refractivity contribution in [3.05, 3.63) is 59.2 Å². The fourth-order valence-corrected chi connectivity index (χ4v) is 2.26. The topological polar surface area (TPSA) is 71.3 Å². The van der Waals surface area contributed by atoms with Crippen LogP contribution in [-0.2, 0) is 0 Å². The first-order valence-corrected chi connectivity index (χ1v) is 7.12. The second-order valence-electron chi connectivity index (χ2n) is 5.00. The zero-order valence-electron chi connectivity index (χ0n) is 13.3. The first-order chi connectivity index (χ1) is 11.1. The predicted octanol–water partition coefficient (Wildman–Crippen LogP) is 3.07. The number of carbonyl (C=O) groups excluding carboxylic acids is 1. The van der Waals surface area contributed by atoms with E-state index in [1.807, 2.05) is 25.1 Å². The number of rotatable bonds is 5. The molecule has 0 spiro atoms. The number of hydrogen-bond acceptors (Lipinski definition) is 4. The Morgan fingerprint density at radius 1 is 1.17 bits per heavy atom. The molecular formula is C18H18N2O3. The monoisotopic (exact) mass is 310 g/mol. The zero-order chi connectivity index (χ0) is 16.8. The third kappa shape index (κ3) is 3.80. The van der Waals surface area contributed by atoms with Gasteiger partial charge in [-0.3, -0.25) is 4.79 Å². The van der Waals surface area contributed by atoms with Gasteiger partial charge in [0.25, 0.3) is 5.91 Å². The van der Waals surface area contributed by atoms with Crippen LogP contribution in [-0.4, -0.2) is 20.1 Å². The van der Waals surface area contributed by atoms with Crippen LogP contribution in [0.2, 0.25) is 0 Å². The third-order valence-corrected chi connectivity index (χ3v) is 3.51. The summed E-state index contributed by atoms with van der Waals surface area (Å²) < 4.78 is 10.5. The first kappa shape index (κ1) is 16.4. The van der Waals surface area contributed by atoms with E-state index in [9.17, 15) is 4.79 Å². The Bertz CT molecular complexity index is 750. The van der Waals surface area contributed by atoms with Crippen LogP contribution in [0.25, 0.3) is 0 Å². The summed E-state index contributed by atoms with van der Waals surface area (Å²) in [5.74, 6) is 1.08. The molecule has 5 nitrogen and oxygen atoms in total. The zero-order valence-corrected chi connectivity index (χ0v) is 13.3. The maximum Gasteiger partial charge on any atom is 0.251 e. The maximum absolute atomic E-state index is 12.3. The van der Waals surface area contributed by atoms with Gasteiger partial charge in [-0.05, 0) is 37.3 Å².